The minimum absolute atomic E-state index is 0.0571. The molecular formula is C20H22FN3O6S. The first-order valence-electron chi connectivity index (χ1n) is 9.28. The molecule has 0 spiro atoms. The first-order valence-corrected chi connectivity index (χ1v) is 11.2. The van der Waals surface area contributed by atoms with Crippen molar-refractivity contribution >= 4 is 21.7 Å². The van der Waals surface area contributed by atoms with E-state index in [0.717, 1.165) is 6.26 Å². The van der Waals surface area contributed by atoms with Crippen LogP contribution in [0, 0.1) is 5.82 Å². The smallest absolute Gasteiger partial charge is 0.273 e. The number of rotatable bonds is 7. The van der Waals surface area contributed by atoms with Crippen molar-refractivity contribution in [3.05, 3.63) is 47.5 Å². The van der Waals surface area contributed by atoms with Gasteiger partial charge in [0.2, 0.25) is 0 Å². The third-order valence-corrected chi connectivity index (χ3v) is 7.59. The van der Waals surface area contributed by atoms with Crippen molar-refractivity contribution in [3.63, 3.8) is 0 Å². The van der Waals surface area contributed by atoms with E-state index >= 15 is 0 Å². The van der Waals surface area contributed by atoms with E-state index in [9.17, 15) is 22.4 Å². The number of amides is 2. The van der Waals surface area contributed by atoms with Crippen molar-refractivity contribution in [2.75, 3.05) is 19.9 Å². The predicted octanol–water partition coefficient (Wildman–Crippen LogP) is 1.55. The van der Waals surface area contributed by atoms with Crippen molar-refractivity contribution in [2.45, 2.75) is 24.6 Å². The number of hydroxylamine groups is 1. The number of sulfone groups is 1. The molecule has 1 unspecified atom stereocenters. The van der Waals surface area contributed by atoms with Crippen LogP contribution in [-0.4, -0.2) is 60.0 Å². The fourth-order valence-corrected chi connectivity index (χ4v) is 4.21. The highest BCUT2D eigenvalue weighted by atomic mass is 32.2. The van der Waals surface area contributed by atoms with Crippen molar-refractivity contribution in [1.29, 1.82) is 0 Å². The summed E-state index contributed by atoms with van der Waals surface area (Å²) in [5, 5.41) is 8.92. The maximum atomic E-state index is 14.4. The van der Waals surface area contributed by atoms with Gasteiger partial charge in [0.15, 0.2) is 14.6 Å². The van der Waals surface area contributed by atoms with Gasteiger partial charge in [-0.3, -0.25) is 19.8 Å². The first kappa shape index (κ1) is 22.6. The van der Waals surface area contributed by atoms with Gasteiger partial charge >= 0.3 is 0 Å². The molecular weight excluding hydrogens is 429 g/mol. The molecule has 1 aliphatic rings. The molecule has 9 nitrogen and oxygen atoms in total. The zero-order valence-corrected chi connectivity index (χ0v) is 18.0. The maximum Gasteiger partial charge on any atom is 0.273 e. The second-order valence-corrected chi connectivity index (χ2v) is 9.94. The van der Waals surface area contributed by atoms with Crippen LogP contribution in [-0.2, 0) is 21.2 Å². The summed E-state index contributed by atoms with van der Waals surface area (Å²) in [6, 6.07) is 6.07. The molecule has 11 heteroatoms. The molecule has 1 aliphatic heterocycles. The lowest BCUT2D eigenvalue weighted by Crippen LogP contribution is -2.50. The second-order valence-electron chi connectivity index (χ2n) is 7.50. The average Bonchev–Trinajstić information content (AvgIpc) is 3.05. The summed E-state index contributed by atoms with van der Waals surface area (Å²) in [6.45, 7) is 1.26. The number of pyridine rings is 1. The Balaban J connectivity index is 1.82. The van der Waals surface area contributed by atoms with E-state index in [2.05, 4.69) is 4.98 Å². The van der Waals surface area contributed by atoms with E-state index in [1.807, 2.05) is 0 Å². The van der Waals surface area contributed by atoms with Crippen molar-refractivity contribution in [2.24, 2.45) is 0 Å². The summed E-state index contributed by atoms with van der Waals surface area (Å²) in [7, 11) is -2.45. The average molecular weight is 451 g/mol. The predicted molar refractivity (Wildman–Crippen MR) is 109 cm³/mol. The Morgan fingerprint density at radius 1 is 1.39 bits per heavy atom. The van der Waals surface area contributed by atoms with Crippen LogP contribution in [0.25, 0.3) is 11.1 Å². The van der Waals surface area contributed by atoms with Gasteiger partial charge in [-0.2, -0.15) is 0 Å². The summed E-state index contributed by atoms with van der Waals surface area (Å²) in [6.07, 6.45) is 2.06. The van der Waals surface area contributed by atoms with Crippen molar-refractivity contribution in [1.82, 2.24) is 15.4 Å². The number of nitrogens with one attached hydrogen (secondary N) is 1. The molecule has 0 saturated carbocycles. The normalized spacial score (nSPS) is 15.4. The number of methoxy groups -OCH3 is 1. The van der Waals surface area contributed by atoms with E-state index in [-0.39, 0.29) is 25.2 Å². The summed E-state index contributed by atoms with van der Waals surface area (Å²) in [5.41, 5.74) is 2.90. The number of nitrogens with zero attached hydrogens (tertiary/aromatic N) is 2. The number of halogens is 1. The van der Waals surface area contributed by atoms with Crippen LogP contribution >= 0.6 is 0 Å². The maximum absolute atomic E-state index is 14.4. The van der Waals surface area contributed by atoms with Gasteiger partial charge in [-0.25, -0.2) is 18.3 Å². The van der Waals surface area contributed by atoms with Gasteiger partial charge in [0, 0.05) is 48.3 Å². The monoisotopic (exact) mass is 451 g/mol. The zero-order valence-electron chi connectivity index (χ0n) is 17.2. The molecule has 2 amide bonds. The molecule has 31 heavy (non-hydrogen) atoms. The van der Waals surface area contributed by atoms with Crippen LogP contribution in [0.3, 0.4) is 0 Å². The largest absolute Gasteiger partial charge is 0.497 e. The topological polar surface area (TPSA) is 126 Å². The Labute approximate surface area is 178 Å². The quantitative estimate of drug-likeness (QED) is 0.483. The molecule has 3 rings (SSSR count). The van der Waals surface area contributed by atoms with Gasteiger partial charge in [0.25, 0.3) is 11.8 Å². The highest BCUT2D eigenvalue weighted by Gasteiger charge is 2.44. The van der Waals surface area contributed by atoms with E-state index in [4.69, 9.17) is 9.94 Å². The molecule has 0 bridgehead atoms. The lowest BCUT2D eigenvalue weighted by atomic mass is 10.0. The molecule has 2 N–H and O–H groups in total. The minimum Gasteiger partial charge on any atom is -0.497 e. The SMILES string of the molecule is COc1ccc(-c2cnc3c(c2)CN(CCC(C)(C(=O)NO)S(C)(=O)=O)C3=O)c(F)c1. The van der Waals surface area contributed by atoms with Crippen LogP contribution < -0.4 is 10.2 Å². The molecule has 0 fully saturated rings. The number of aromatic nitrogens is 1. The number of hydrogen-bond donors (Lipinski definition) is 2. The fraction of sp³-hybridized carbons (Fsp3) is 0.350. The Morgan fingerprint density at radius 2 is 2.10 bits per heavy atom. The first-order chi connectivity index (χ1) is 14.5. The molecule has 166 valence electrons. The van der Waals surface area contributed by atoms with E-state index in [1.54, 1.807) is 18.2 Å². The van der Waals surface area contributed by atoms with Crippen LogP contribution in [0.1, 0.15) is 29.4 Å². The Hall–Kier alpha value is -3.05. The number of benzene rings is 1. The summed E-state index contributed by atoms with van der Waals surface area (Å²) in [4.78, 5) is 30.2. The summed E-state index contributed by atoms with van der Waals surface area (Å²) < 4.78 is 41.7. The third kappa shape index (κ3) is 4.10. The summed E-state index contributed by atoms with van der Waals surface area (Å²) >= 11 is 0. The lowest BCUT2D eigenvalue weighted by Gasteiger charge is -2.27. The summed E-state index contributed by atoms with van der Waals surface area (Å²) in [5.74, 6) is -1.62. The van der Waals surface area contributed by atoms with Gasteiger partial charge in [-0.15, -0.1) is 0 Å². The van der Waals surface area contributed by atoms with Crippen molar-refractivity contribution < 1.29 is 32.3 Å². The Kier molecular flexibility index (Phi) is 6.01. The van der Waals surface area contributed by atoms with Crippen LogP contribution in [0.15, 0.2) is 30.5 Å². The Morgan fingerprint density at radius 3 is 2.68 bits per heavy atom. The zero-order chi connectivity index (χ0) is 23.0. The highest BCUT2D eigenvalue weighted by molar-refractivity contribution is 7.92. The molecule has 2 aromatic rings. The van der Waals surface area contributed by atoms with Crippen LogP contribution in [0.2, 0.25) is 0 Å². The standard InChI is InChI=1S/C20H22FN3O6S/c1-20(19(26)23-27,31(3,28)29)6-7-24-11-13-8-12(10-22-17(13)18(24)25)15-5-4-14(30-2)9-16(15)21/h4-5,8-10,27H,6-7,11H2,1-3H3,(H,23,26). The number of ether oxygens (including phenoxy) is 1. The number of hydrogen-bond acceptors (Lipinski definition) is 7. The third-order valence-electron chi connectivity index (χ3n) is 5.56. The number of carbonyl (C=O) groups is 2. The van der Waals surface area contributed by atoms with E-state index < -0.39 is 32.2 Å². The van der Waals surface area contributed by atoms with Crippen LogP contribution in [0.5, 0.6) is 5.75 Å². The molecule has 0 saturated heterocycles. The van der Waals surface area contributed by atoms with Gasteiger partial charge in [-0.05, 0) is 31.5 Å². The Bertz CT molecular complexity index is 1150. The molecule has 0 radical (unpaired) electrons. The number of carbonyl (C=O) groups excluding carboxylic acids is 2. The number of fused-ring (bicyclic) bond motifs is 1. The second kappa shape index (κ2) is 8.23. The molecule has 0 aliphatic carbocycles. The molecule has 2 heterocycles. The van der Waals surface area contributed by atoms with Gasteiger partial charge in [-0.1, -0.05) is 0 Å². The van der Waals surface area contributed by atoms with Crippen molar-refractivity contribution in [3.8, 4) is 16.9 Å². The van der Waals surface area contributed by atoms with E-state index in [0.29, 0.717) is 22.4 Å². The molecule has 1 aromatic heterocycles. The molecule has 1 atom stereocenters. The van der Waals surface area contributed by atoms with Gasteiger partial charge in [0.05, 0.1) is 7.11 Å². The van der Waals surface area contributed by atoms with Crippen LogP contribution in [0.4, 0.5) is 4.39 Å². The highest BCUT2D eigenvalue weighted by Crippen LogP contribution is 2.31. The molecule has 1 aromatic carbocycles. The van der Waals surface area contributed by atoms with Gasteiger partial charge < -0.3 is 9.64 Å². The minimum atomic E-state index is -3.88. The van der Waals surface area contributed by atoms with E-state index in [1.165, 1.54) is 36.7 Å². The van der Waals surface area contributed by atoms with Gasteiger partial charge in [0.1, 0.15) is 17.3 Å². The fourth-order valence-electron chi connectivity index (χ4n) is 3.37. The lowest BCUT2D eigenvalue weighted by molar-refractivity contribution is -0.131.